The van der Waals surface area contributed by atoms with Gasteiger partial charge in [0, 0.05) is 22.4 Å². The number of aryl methyl sites for hydroxylation is 1. The van der Waals surface area contributed by atoms with E-state index < -0.39 is 11.8 Å². The van der Waals surface area contributed by atoms with Crippen molar-refractivity contribution in [2.45, 2.75) is 13.8 Å². The number of amides is 2. The maximum atomic E-state index is 14.5. The molecule has 144 valence electrons. The summed E-state index contributed by atoms with van der Waals surface area (Å²) in [5.41, 5.74) is 2.47. The maximum Gasteiger partial charge on any atom is 0.265 e. The van der Waals surface area contributed by atoms with Gasteiger partial charge in [0.25, 0.3) is 11.8 Å². The fourth-order valence-corrected chi connectivity index (χ4v) is 3.69. The van der Waals surface area contributed by atoms with Gasteiger partial charge in [-0.3, -0.25) is 19.8 Å². The number of hydrogen-bond acceptors (Lipinski definition) is 3. The van der Waals surface area contributed by atoms with E-state index in [4.69, 9.17) is 12.2 Å². The molecule has 1 aliphatic rings. The second-order valence-electron chi connectivity index (χ2n) is 6.28. The molecule has 2 amide bonds. The average Bonchev–Trinajstić information content (AvgIpc) is 2.89. The van der Waals surface area contributed by atoms with Gasteiger partial charge in [-0.05, 0) is 62.0 Å². The Morgan fingerprint density at radius 2 is 2.00 bits per heavy atom. The Hall–Kier alpha value is -2.58. The Kier molecular flexibility index (Phi) is 5.62. The molecule has 0 unspecified atom stereocenters. The molecule has 2 heterocycles. The van der Waals surface area contributed by atoms with Crippen LogP contribution in [0, 0.1) is 19.7 Å². The molecular formula is C20H17BrFN3O2S. The van der Waals surface area contributed by atoms with Crippen molar-refractivity contribution >= 4 is 51.2 Å². The monoisotopic (exact) mass is 461 g/mol. The summed E-state index contributed by atoms with van der Waals surface area (Å²) < 4.78 is 16.8. The van der Waals surface area contributed by atoms with Crippen molar-refractivity contribution in [2.24, 2.45) is 0 Å². The van der Waals surface area contributed by atoms with E-state index in [9.17, 15) is 14.0 Å². The van der Waals surface area contributed by atoms with Gasteiger partial charge in [0.15, 0.2) is 5.11 Å². The summed E-state index contributed by atoms with van der Waals surface area (Å²) in [5.74, 6) is -1.44. The fraction of sp³-hybridized carbons (Fsp3) is 0.150. The predicted molar refractivity (Wildman–Crippen MR) is 114 cm³/mol. The largest absolute Gasteiger partial charge is 0.315 e. The van der Waals surface area contributed by atoms with Crippen molar-refractivity contribution in [1.29, 1.82) is 0 Å². The molecule has 0 spiro atoms. The minimum absolute atomic E-state index is 0.0352. The van der Waals surface area contributed by atoms with Crippen LogP contribution in [0.1, 0.15) is 17.0 Å². The first-order valence-electron chi connectivity index (χ1n) is 8.38. The lowest BCUT2D eigenvalue weighted by molar-refractivity contribution is -0.128. The van der Waals surface area contributed by atoms with Crippen LogP contribution in [-0.4, -0.2) is 32.9 Å². The molecule has 1 N–H and O–H groups in total. The maximum absolute atomic E-state index is 14.5. The number of carbonyl (C=O) groups excluding carboxylic acids is 2. The molecule has 0 saturated carbocycles. The van der Waals surface area contributed by atoms with E-state index >= 15 is 0 Å². The Morgan fingerprint density at radius 1 is 1.29 bits per heavy atom. The van der Waals surface area contributed by atoms with Crippen LogP contribution >= 0.6 is 28.1 Å². The number of aromatic nitrogens is 1. The fourth-order valence-electron chi connectivity index (χ4n) is 3.11. The van der Waals surface area contributed by atoms with Crippen molar-refractivity contribution in [3.8, 4) is 5.69 Å². The Bertz CT molecular complexity index is 1060. The third-order valence-corrected chi connectivity index (χ3v) is 5.23. The molecule has 0 aliphatic carbocycles. The molecular weight excluding hydrogens is 445 g/mol. The van der Waals surface area contributed by atoms with E-state index in [1.54, 1.807) is 29.7 Å². The Morgan fingerprint density at radius 3 is 2.64 bits per heavy atom. The minimum Gasteiger partial charge on any atom is -0.315 e. The standard InChI is InChI=1S/C20H17BrFN3O2S/c1-4-7-24-19(27)15(18(26)23-20(24)28)9-13-8-11(2)25(12(13)3)17-6-5-14(21)10-16(17)22/h4-6,8-10H,1,7H2,2-3H3,(H,23,26,28)/b15-9+. The molecule has 1 saturated heterocycles. The highest BCUT2D eigenvalue weighted by Gasteiger charge is 2.33. The first-order chi connectivity index (χ1) is 13.2. The van der Waals surface area contributed by atoms with E-state index in [-0.39, 0.29) is 23.0 Å². The van der Waals surface area contributed by atoms with Gasteiger partial charge in [-0.15, -0.1) is 6.58 Å². The summed E-state index contributed by atoms with van der Waals surface area (Å²) >= 11 is 8.30. The summed E-state index contributed by atoms with van der Waals surface area (Å²) in [6, 6.07) is 6.61. The first-order valence-corrected chi connectivity index (χ1v) is 9.59. The molecule has 5 nitrogen and oxygen atoms in total. The van der Waals surface area contributed by atoms with Crippen LogP contribution in [-0.2, 0) is 9.59 Å². The lowest BCUT2D eigenvalue weighted by atomic mass is 10.1. The van der Waals surface area contributed by atoms with Crippen molar-refractivity contribution in [2.75, 3.05) is 6.54 Å². The average molecular weight is 462 g/mol. The quantitative estimate of drug-likeness (QED) is 0.326. The molecule has 1 aromatic carbocycles. The zero-order chi connectivity index (χ0) is 20.6. The van der Waals surface area contributed by atoms with Crippen molar-refractivity contribution in [1.82, 2.24) is 14.8 Å². The number of thiocarbonyl (C=S) groups is 1. The molecule has 8 heteroatoms. The molecule has 1 aliphatic heterocycles. The van der Waals surface area contributed by atoms with Gasteiger partial charge in [0.05, 0.1) is 5.69 Å². The zero-order valence-electron chi connectivity index (χ0n) is 15.3. The third-order valence-electron chi connectivity index (χ3n) is 4.42. The van der Waals surface area contributed by atoms with Gasteiger partial charge in [-0.25, -0.2) is 4.39 Å². The van der Waals surface area contributed by atoms with Crippen molar-refractivity contribution in [3.05, 3.63) is 69.7 Å². The highest BCUT2D eigenvalue weighted by molar-refractivity contribution is 9.10. The third kappa shape index (κ3) is 3.57. The van der Waals surface area contributed by atoms with Crippen LogP contribution in [0.25, 0.3) is 11.8 Å². The molecule has 3 rings (SSSR count). The summed E-state index contributed by atoms with van der Waals surface area (Å²) in [6.07, 6.45) is 3.03. The predicted octanol–water partition coefficient (Wildman–Crippen LogP) is 3.81. The van der Waals surface area contributed by atoms with E-state index in [1.807, 2.05) is 6.92 Å². The van der Waals surface area contributed by atoms with E-state index in [2.05, 4.69) is 27.8 Å². The van der Waals surface area contributed by atoms with Crippen LogP contribution in [0.4, 0.5) is 4.39 Å². The van der Waals surface area contributed by atoms with Crippen LogP contribution in [0.15, 0.2) is 47.0 Å². The molecule has 28 heavy (non-hydrogen) atoms. The zero-order valence-corrected chi connectivity index (χ0v) is 17.7. The minimum atomic E-state index is -0.560. The lowest BCUT2D eigenvalue weighted by Crippen LogP contribution is -2.53. The molecule has 0 radical (unpaired) electrons. The highest BCUT2D eigenvalue weighted by atomic mass is 79.9. The molecule has 0 atom stereocenters. The van der Waals surface area contributed by atoms with Gasteiger partial charge in [0.2, 0.25) is 0 Å². The number of halogens is 2. The van der Waals surface area contributed by atoms with E-state index in [0.717, 1.165) is 5.69 Å². The second kappa shape index (κ2) is 7.81. The summed E-state index contributed by atoms with van der Waals surface area (Å²) in [4.78, 5) is 26.3. The van der Waals surface area contributed by atoms with Gasteiger partial charge in [0.1, 0.15) is 11.4 Å². The summed E-state index contributed by atoms with van der Waals surface area (Å²) in [6.45, 7) is 7.43. The highest BCUT2D eigenvalue weighted by Crippen LogP contribution is 2.27. The van der Waals surface area contributed by atoms with Crippen molar-refractivity contribution < 1.29 is 14.0 Å². The number of hydrogen-bond donors (Lipinski definition) is 1. The molecule has 2 aromatic rings. The lowest BCUT2D eigenvalue weighted by Gasteiger charge is -2.27. The summed E-state index contributed by atoms with van der Waals surface area (Å²) in [5, 5.41) is 2.56. The van der Waals surface area contributed by atoms with Gasteiger partial charge in [-0.2, -0.15) is 0 Å². The second-order valence-corrected chi connectivity index (χ2v) is 7.58. The van der Waals surface area contributed by atoms with Crippen molar-refractivity contribution in [3.63, 3.8) is 0 Å². The van der Waals surface area contributed by atoms with Crippen LogP contribution < -0.4 is 5.32 Å². The molecule has 0 bridgehead atoms. The van der Waals surface area contributed by atoms with Gasteiger partial charge >= 0.3 is 0 Å². The van der Waals surface area contributed by atoms with E-state index in [0.29, 0.717) is 21.4 Å². The normalized spacial score (nSPS) is 15.9. The van der Waals surface area contributed by atoms with Gasteiger partial charge < -0.3 is 4.57 Å². The number of benzene rings is 1. The number of nitrogens with one attached hydrogen (secondary N) is 1. The van der Waals surface area contributed by atoms with Crippen LogP contribution in [0.3, 0.4) is 0 Å². The topological polar surface area (TPSA) is 54.3 Å². The molecule has 1 fully saturated rings. The van der Waals surface area contributed by atoms with Crippen LogP contribution in [0.2, 0.25) is 0 Å². The number of nitrogens with zero attached hydrogens (tertiary/aromatic N) is 2. The van der Waals surface area contributed by atoms with Crippen LogP contribution in [0.5, 0.6) is 0 Å². The SMILES string of the molecule is C=CCN1C(=O)/C(=C/c2cc(C)n(-c3ccc(Br)cc3F)c2C)C(=O)NC1=S. The summed E-state index contributed by atoms with van der Waals surface area (Å²) in [7, 11) is 0. The van der Waals surface area contributed by atoms with Gasteiger partial charge in [-0.1, -0.05) is 22.0 Å². The number of rotatable bonds is 4. The molecule has 1 aromatic heterocycles. The Balaban J connectivity index is 2.08. The Labute approximate surface area is 175 Å². The number of carbonyl (C=O) groups is 2. The van der Waals surface area contributed by atoms with E-state index in [1.165, 1.54) is 23.1 Å². The first kappa shape index (κ1) is 20.2. The smallest absolute Gasteiger partial charge is 0.265 e.